The van der Waals surface area contributed by atoms with Crippen LogP contribution in [0.5, 0.6) is 0 Å². The number of carbonyl (C=O) groups excluding carboxylic acids is 1. The van der Waals surface area contributed by atoms with Crippen molar-refractivity contribution in [2.75, 3.05) is 23.4 Å². The second-order valence-electron chi connectivity index (χ2n) is 5.76. The van der Waals surface area contributed by atoms with Crippen molar-refractivity contribution in [3.8, 4) is 0 Å². The molecule has 5 heteroatoms. The van der Waals surface area contributed by atoms with Crippen LogP contribution >= 0.6 is 0 Å². The molecule has 3 unspecified atom stereocenters. The lowest BCUT2D eigenvalue weighted by Gasteiger charge is -2.39. The van der Waals surface area contributed by atoms with E-state index in [2.05, 4.69) is 10.2 Å². The number of ether oxygens (including phenoxy) is 1. The monoisotopic (exact) mass is 274 g/mol. The molecule has 5 nitrogen and oxygen atoms in total. The summed E-state index contributed by atoms with van der Waals surface area (Å²) in [5, 5.41) is 12.5. The summed E-state index contributed by atoms with van der Waals surface area (Å²) in [4.78, 5) is 13.9. The van der Waals surface area contributed by atoms with Gasteiger partial charge in [-0.2, -0.15) is 0 Å². The number of aliphatic hydroxyl groups excluding tert-OH is 1. The molecule has 2 aliphatic heterocycles. The first-order valence-electron chi connectivity index (χ1n) is 7.25. The fraction of sp³-hybridized carbons (Fsp3) is 0.533. The van der Waals surface area contributed by atoms with E-state index in [9.17, 15) is 9.90 Å². The molecule has 3 atom stereocenters. The van der Waals surface area contributed by atoms with Gasteiger partial charge in [0.2, 0.25) is 0 Å². The molecule has 3 aliphatic rings. The predicted molar refractivity (Wildman–Crippen MR) is 74.8 cm³/mol. The van der Waals surface area contributed by atoms with Crippen LogP contribution in [0.15, 0.2) is 18.2 Å². The number of amides is 1. The van der Waals surface area contributed by atoms with E-state index < -0.39 is 6.10 Å². The van der Waals surface area contributed by atoms with Gasteiger partial charge in [0.1, 0.15) is 0 Å². The Labute approximate surface area is 117 Å². The minimum absolute atomic E-state index is 0.335. The summed E-state index contributed by atoms with van der Waals surface area (Å²) < 4.78 is 5.83. The molecule has 1 saturated carbocycles. The SMILES string of the molecule is O=C1Nc2cc(N3CCOC4CCCC43)ccc2C1O. The van der Waals surface area contributed by atoms with Gasteiger partial charge in [0.05, 0.1) is 18.8 Å². The van der Waals surface area contributed by atoms with Crippen molar-refractivity contribution in [3.05, 3.63) is 23.8 Å². The Morgan fingerprint density at radius 2 is 2.25 bits per heavy atom. The molecule has 106 valence electrons. The summed E-state index contributed by atoms with van der Waals surface area (Å²) in [6, 6.07) is 6.28. The first-order chi connectivity index (χ1) is 9.74. The van der Waals surface area contributed by atoms with E-state index in [1.807, 2.05) is 18.2 Å². The first-order valence-corrected chi connectivity index (χ1v) is 7.25. The van der Waals surface area contributed by atoms with Gasteiger partial charge >= 0.3 is 0 Å². The average molecular weight is 274 g/mol. The van der Waals surface area contributed by atoms with Gasteiger partial charge in [-0.3, -0.25) is 4.79 Å². The fourth-order valence-corrected chi connectivity index (χ4v) is 3.66. The maximum atomic E-state index is 11.5. The third-order valence-electron chi connectivity index (χ3n) is 4.65. The molecule has 1 aromatic carbocycles. The van der Waals surface area contributed by atoms with Crippen LogP contribution in [-0.2, 0) is 9.53 Å². The Balaban J connectivity index is 1.66. The molecule has 0 spiro atoms. The van der Waals surface area contributed by atoms with Crippen LogP contribution < -0.4 is 10.2 Å². The zero-order valence-corrected chi connectivity index (χ0v) is 11.2. The van der Waals surface area contributed by atoms with Gasteiger partial charge in [-0.25, -0.2) is 0 Å². The second-order valence-corrected chi connectivity index (χ2v) is 5.76. The van der Waals surface area contributed by atoms with Gasteiger partial charge in [0, 0.05) is 23.5 Å². The second kappa shape index (κ2) is 4.46. The summed E-state index contributed by atoms with van der Waals surface area (Å²) in [7, 11) is 0. The van der Waals surface area contributed by atoms with Crippen LogP contribution in [0.3, 0.4) is 0 Å². The van der Waals surface area contributed by atoms with E-state index >= 15 is 0 Å². The average Bonchev–Trinajstić information content (AvgIpc) is 3.04. The Morgan fingerprint density at radius 1 is 1.35 bits per heavy atom. The normalized spacial score (nSPS) is 31.9. The molecule has 1 amide bonds. The first kappa shape index (κ1) is 12.2. The van der Waals surface area contributed by atoms with Crippen molar-refractivity contribution in [1.29, 1.82) is 0 Å². The molecule has 0 radical (unpaired) electrons. The molecule has 0 aromatic heterocycles. The minimum Gasteiger partial charge on any atom is -0.378 e. The van der Waals surface area contributed by atoms with Crippen LogP contribution in [0.4, 0.5) is 11.4 Å². The van der Waals surface area contributed by atoms with Crippen molar-refractivity contribution < 1.29 is 14.6 Å². The number of fused-ring (bicyclic) bond motifs is 2. The lowest BCUT2D eigenvalue weighted by molar-refractivity contribution is -0.123. The number of nitrogens with one attached hydrogen (secondary N) is 1. The van der Waals surface area contributed by atoms with E-state index in [0.717, 1.165) is 37.4 Å². The fourth-order valence-electron chi connectivity index (χ4n) is 3.66. The van der Waals surface area contributed by atoms with Gasteiger partial charge in [-0.1, -0.05) is 6.07 Å². The molecular formula is C15H18N2O3. The molecule has 4 rings (SSSR count). The lowest BCUT2D eigenvalue weighted by Crippen LogP contribution is -2.48. The highest BCUT2D eigenvalue weighted by molar-refractivity contribution is 6.02. The van der Waals surface area contributed by atoms with Crippen molar-refractivity contribution in [3.63, 3.8) is 0 Å². The highest BCUT2D eigenvalue weighted by Crippen LogP contribution is 2.37. The maximum absolute atomic E-state index is 11.5. The number of aliphatic hydroxyl groups is 1. The molecule has 2 heterocycles. The number of benzene rings is 1. The number of carbonyl (C=O) groups is 1. The molecular weight excluding hydrogens is 256 g/mol. The Hall–Kier alpha value is -1.59. The van der Waals surface area contributed by atoms with E-state index in [0.29, 0.717) is 17.7 Å². The molecule has 1 saturated heterocycles. The smallest absolute Gasteiger partial charge is 0.257 e. The predicted octanol–water partition coefficient (Wildman–Crippen LogP) is 1.43. The topological polar surface area (TPSA) is 61.8 Å². The van der Waals surface area contributed by atoms with Crippen LogP contribution in [0.2, 0.25) is 0 Å². The minimum atomic E-state index is -1.03. The molecule has 1 aliphatic carbocycles. The highest BCUT2D eigenvalue weighted by Gasteiger charge is 2.37. The lowest BCUT2D eigenvalue weighted by atomic mass is 10.1. The van der Waals surface area contributed by atoms with Crippen LogP contribution in [0, 0.1) is 0 Å². The number of hydrogen-bond acceptors (Lipinski definition) is 4. The Kier molecular flexibility index (Phi) is 2.72. The number of nitrogens with zero attached hydrogens (tertiary/aromatic N) is 1. The standard InChI is InChI=1S/C15H18N2O3/c18-14-10-5-4-9(8-11(10)16-15(14)19)17-6-7-20-13-3-1-2-12(13)17/h4-5,8,12-14,18H,1-3,6-7H2,(H,16,19). The van der Waals surface area contributed by atoms with Gasteiger partial charge in [0.25, 0.3) is 5.91 Å². The summed E-state index contributed by atoms with van der Waals surface area (Å²) in [6.07, 6.45) is 2.84. The summed E-state index contributed by atoms with van der Waals surface area (Å²) in [5.74, 6) is -0.335. The van der Waals surface area contributed by atoms with Crippen LogP contribution in [0.25, 0.3) is 0 Å². The number of hydrogen-bond donors (Lipinski definition) is 2. The summed E-state index contributed by atoms with van der Waals surface area (Å²) in [5.41, 5.74) is 2.52. The maximum Gasteiger partial charge on any atom is 0.257 e. The number of rotatable bonds is 1. The molecule has 2 fully saturated rings. The quantitative estimate of drug-likeness (QED) is 0.813. The molecule has 0 bridgehead atoms. The third-order valence-corrected chi connectivity index (χ3v) is 4.65. The molecule has 20 heavy (non-hydrogen) atoms. The van der Waals surface area contributed by atoms with E-state index in [4.69, 9.17) is 4.74 Å². The van der Waals surface area contributed by atoms with E-state index in [1.165, 1.54) is 6.42 Å². The van der Waals surface area contributed by atoms with Gasteiger partial charge < -0.3 is 20.1 Å². The van der Waals surface area contributed by atoms with Crippen LogP contribution in [0.1, 0.15) is 30.9 Å². The Morgan fingerprint density at radius 3 is 3.15 bits per heavy atom. The van der Waals surface area contributed by atoms with E-state index in [1.54, 1.807) is 0 Å². The van der Waals surface area contributed by atoms with Crippen molar-refractivity contribution in [2.45, 2.75) is 37.5 Å². The van der Waals surface area contributed by atoms with Crippen molar-refractivity contribution >= 4 is 17.3 Å². The number of anilines is 2. The van der Waals surface area contributed by atoms with E-state index in [-0.39, 0.29) is 5.91 Å². The van der Waals surface area contributed by atoms with Crippen LogP contribution in [-0.4, -0.2) is 36.3 Å². The van der Waals surface area contributed by atoms with Gasteiger partial charge in [-0.15, -0.1) is 0 Å². The zero-order chi connectivity index (χ0) is 13.7. The van der Waals surface area contributed by atoms with Crippen molar-refractivity contribution in [2.24, 2.45) is 0 Å². The summed E-state index contributed by atoms with van der Waals surface area (Å²) >= 11 is 0. The third kappa shape index (κ3) is 1.73. The zero-order valence-electron chi connectivity index (χ0n) is 11.2. The van der Waals surface area contributed by atoms with Crippen molar-refractivity contribution in [1.82, 2.24) is 0 Å². The highest BCUT2D eigenvalue weighted by atomic mass is 16.5. The number of morpholine rings is 1. The van der Waals surface area contributed by atoms with Gasteiger partial charge in [0.15, 0.2) is 6.10 Å². The Bertz CT molecular complexity index is 560. The summed E-state index contributed by atoms with van der Waals surface area (Å²) in [6.45, 7) is 1.64. The van der Waals surface area contributed by atoms with Gasteiger partial charge in [-0.05, 0) is 31.4 Å². The largest absolute Gasteiger partial charge is 0.378 e. The molecule has 2 N–H and O–H groups in total. The molecule has 1 aromatic rings.